The van der Waals surface area contributed by atoms with E-state index < -0.39 is 0 Å². The lowest BCUT2D eigenvalue weighted by molar-refractivity contribution is -0.121. The van der Waals surface area contributed by atoms with Gasteiger partial charge in [0.1, 0.15) is 0 Å². The molecular formula is C18H27ClN4O2. The van der Waals surface area contributed by atoms with Crippen LogP contribution < -0.4 is 15.5 Å². The summed E-state index contributed by atoms with van der Waals surface area (Å²) in [6, 6.07) is 5.88. The summed E-state index contributed by atoms with van der Waals surface area (Å²) in [7, 11) is 0. The molecule has 0 unspecified atom stereocenters. The molecule has 2 N–H and O–H groups in total. The third kappa shape index (κ3) is 5.81. The molecule has 1 heterocycles. The second-order valence-corrected chi connectivity index (χ2v) is 7.05. The summed E-state index contributed by atoms with van der Waals surface area (Å²) in [6.07, 6.45) is 0.297. The van der Waals surface area contributed by atoms with Gasteiger partial charge >= 0.3 is 6.03 Å². The summed E-state index contributed by atoms with van der Waals surface area (Å²) in [4.78, 5) is 27.8. The molecule has 1 aromatic carbocycles. The number of urea groups is 1. The van der Waals surface area contributed by atoms with Gasteiger partial charge < -0.3 is 20.4 Å². The number of carbonyl (C=O) groups excluding carboxylic acids is 2. The second kappa shape index (κ2) is 8.94. The van der Waals surface area contributed by atoms with Gasteiger partial charge in [-0.25, -0.2) is 4.79 Å². The molecule has 2 rings (SSSR count). The zero-order valence-electron chi connectivity index (χ0n) is 15.1. The van der Waals surface area contributed by atoms with Crippen molar-refractivity contribution < 1.29 is 9.59 Å². The Balaban J connectivity index is 1.77. The molecular weight excluding hydrogens is 340 g/mol. The lowest BCUT2D eigenvalue weighted by Gasteiger charge is -2.36. The molecule has 0 saturated carbocycles. The van der Waals surface area contributed by atoms with E-state index in [0.717, 1.165) is 23.8 Å². The van der Waals surface area contributed by atoms with Crippen molar-refractivity contribution in [1.82, 2.24) is 15.5 Å². The summed E-state index contributed by atoms with van der Waals surface area (Å²) in [5, 5.41) is 6.35. The normalized spacial score (nSPS) is 14.6. The number of rotatable bonds is 5. The van der Waals surface area contributed by atoms with E-state index in [1.165, 1.54) is 5.56 Å². The van der Waals surface area contributed by atoms with Gasteiger partial charge in [-0.15, -0.1) is 0 Å². The number of halogens is 1. The summed E-state index contributed by atoms with van der Waals surface area (Å²) in [5.41, 5.74) is 2.30. The van der Waals surface area contributed by atoms with Crippen molar-refractivity contribution in [2.45, 2.75) is 33.2 Å². The van der Waals surface area contributed by atoms with Gasteiger partial charge in [0.2, 0.25) is 5.91 Å². The van der Waals surface area contributed by atoms with Crippen LogP contribution in [0.1, 0.15) is 25.8 Å². The van der Waals surface area contributed by atoms with Crippen LogP contribution in [0.25, 0.3) is 0 Å². The van der Waals surface area contributed by atoms with Crippen LogP contribution in [0.2, 0.25) is 5.02 Å². The van der Waals surface area contributed by atoms with Gasteiger partial charge in [0.25, 0.3) is 0 Å². The smallest absolute Gasteiger partial charge is 0.317 e. The fourth-order valence-corrected chi connectivity index (χ4v) is 3.03. The maximum absolute atomic E-state index is 12.2. The monoisotopic (exact) mass is 366 g/mol. The van der Waals surface area contributed by atoms with E-state index in [1.54, 1.807) is 4.90 Å². The molecule has 7 heteroatoms. The number of nitrogens with zero attached hydrogens (tertiary/aromatic N) is 2. The summed E-state index contributed by atoms with van der Waals surface area (Å²) in [5.74, 6) is -0.0449. The SMILES string of the molecule is Cc1ccc(Cl)cc1N1CCN(C(=O)NCCC(=O)NC(C)C)CC1. The van der Waals surface area contributed by atoms with Gasteiger partial charge in [0.05, 0.1) is 0 Å². The van der Waals surface area contributed by atoms with Crippen molar-refractivity contribution in [1.29, 1.82) is 0 Å². The highest BCUT2D eigenvalue weighted by Gasteiger charge is 2.22. The molecule has 1 aliphatic heterocycles. The highest BCUT2D eigenvalue weighted by atomic mass is 35.5. The molecule has 0 atom stereocenters. The number of nitrogens with one attached hydrogen (secondary N) is 2. The molecule has 0 radical (unpaired) electrons. The van der Waals surface area contributed by atoms with Crippen LogP contribution in [-0.4, -0.2) is 55.6 Å². The Morgan fingerprint density at radius 3 is 2.52 bits per heavy atom. The molecule has 25 heavy (non-hydrogen) atoms. The molecule has 6 nitrogen and oxygen atoms in total. The number of carbonyl (C=O) groups is 2. The Morgan fingerprint density at radius 1 is 1.20 bits per heavy atom. The number of benzene rings is 1. The Bertz CT molecular complexity index is 613. The highest BCUT2D eigenvalue weighted by Crippen LogP contribution is 2.25. The van der Waals surface area contributed by atoms with E-state index in [2.05, 4.69) is 22.5 Å². The maximum Gasteiger partial charge on any atom is 0.317 e. The van der Waals surface area contributed by atoms with Crippen molar-refractivity contribution in [3.05, 3.63) is 28.8 Å². The molecule has 138 valence electrons. The quantitative estimate of drug-likeness (QED) is 0.841. The van der Waals surface area contributed by atoms with Crippen molar-refractivity contribution in [3.8, 4) is 0 Å². The lowest BCUT2D eigenvalue weighted by atomic mass is 10.1. The number of hydrogen-bond donors (Lipinski definition) is 2. The molecule has 1 aliphatic rings. The van der Waals surface area contributed by atoms with Gasteiger partial charge in [-0.3, -0.25) is 4.79 Å². The fourth-order valence-electron chi connectivity index (χ4n) is 2.86. The number of piperazine rings is 1. The van der Waals surface area contributed by atoms with Crippen LogP contribution in [0, 0.1) is 6.92 Å². The van der Waals surface area contributed by atoms with Crippen LogP contribution in [0.5, 0.6) is 0 Å². The first-order chi connectivity index (χ1) is 11.9. The van der Waals surface area contributed by atoms with E-state index in [4.69, 9.17) is 11.6 Å². The minimum atomic E-state index is -0.111. The molecule has 1 saturated heterocycles. The first-order valence-corrected chi connectivity index (χ1v) is 9.08. The van der Waals surface area contributed by atoms with E-state index in [-0.39, 0.29) is 18.0 Å². The number of aryl methyl sites for hydroxylation is 1. The third-order valence-electron chi connectivity index (χ3n) is 4.16. The zero-order chi connectivity index (χ0) is 18.4. The van der Waals surface area contributed by atoms with Crippen molar-refractivity contribution in [2.24, 2.45) is 0 Å². The van der Waals surface area contributed by atoms with E-state index in [9.17, 15) is 9.59 Å². The van der Waals surface area contributed by atoms with Crippen LogP contribution >= 0.6 is 11.6 Å². The number of anilines is 1. The average Bonchev–Trinajstić information content (AvgIpc) is 2.56. The first kappa shape index (κ1) is 19.4. The van der Waals surface area contributed by atoms with Gasteiger partial charge in [-0.05, 0) is 38.5 Å². The Labute approximate surface area is 154 Å². The van der Waals surface area contributed by atoms with Gasteiger partial charge in [0.15, 0.2) is 0 Å². The predicted molar refractivity (Wildman–Crippen MR) is 101 cm³/mol. The minimum absolute atomic E-state index is 0.0449. The summed E-state index contributed by atoms with van der Waals surface area (Å²) < 4.78 is 0. The predicted octanol–water partition coefficient (Wildman–Crippen LogP) is 2.39. The van der Waals surface area contributed by atoms with Crippen LogP contribution in [0.15, 0.2) is 18.2 Å². The largest absolute Gasteiger partial charge is 0.368 e. The van der Waals surface area contributed by atoms with Gasteiger partial charge in [0, 0.05) is 55.9 Å². The molecule has 0 aliphatic carbocycles. The molecule has 1 fully saturated rings. The zero-order valence-corrected chi connectivity index (χ0v) is 15.9. The van der Waals surface area contributed by atoms with Gasteiger partial charge in [-0.1, -0.05) is 17.7 Å². The lowest BCUT2D eigenvalue weighted by Crippen LogP contribution is -2.52. The molecule has 0 spiro atoms. The summed E-state index contributed by atoms with van der Waals surface area (Å²) in [6.45, 7) is 9.07. The summed E-state index contributed by atoms with van der Waals surface area (Å²) >= 11 is 6.10. The molecule has 3 amide bonds. The maximum atomic E-state index is 12.2. The highest BCUT2D eigenvalue weighted by molar-refractivity contribution is 6.30. The third-order valence-corrected chi connectivity index (χ3v) is 4.39. The number of hydrogen-bond acceptors (Lipinski definition) is 3. The minimum Gasteiger partial charge on any atom is -0.368 e. The Kier molecular flexibility index (Phi) is 6.93. The standard InChI is InChI=1S/C18H27ClN4O2/c1-13(2)21-17(24)6-7-20-18(25)23-10-8-22(9-11-23)16-12-15(19)5-4-14(16)3/h4-5,12-13H,6-11H2,1-3H3,(H,20,25)(H,21,24). The molecule has 1 aromatic rings. The fraction of sp³-hybridized carbons (Fsp3) is 0.556. The van der Waals surface area contributed by atoms with E-state index in [0.29, 0.717) is 26.1 Å². The molecule has 0 bridgehead atoms. The van der Waals surface area contributed by atoms with E-state index >= 15 is 0 Å². The van der Waals surface area contributed by atoms with Crippen LogP contribution in [0.4, 0.5) is 10.5 Å². The topological polar surface area (TPSA) is 64.7 Å². The second-order valence-electron chi connectivity index (χ2n) is 6.61. The first-order valence-electron chi connectivity index (χ1n) is 8.70. The number of amides is 3. The van der Waals surface area contributed by atoms with Crippen molar-refractivity contribution in [2.75, 3.05) is 37.6 Å². The van der Waals surface area contributed by atoms with Crippen LogP contribution in [0.3, 0.4) is 0 Å². The Hall–Kier alpha value is -1.95. The van der Waals surface area contributed by atoms with Crippen molar-refractivity contribution in [3.63, 3.8) is 0 Å². The van der Waals surface area contributed by atoms with Crippen molar-refractivity contribution >= 4 is 29.2 Å². The van der Waals surface area contributed by atoms with E-state index in [1.807, 2.05) is 32.0 Å². The van der Waals surface area contributed by atoms with Gasteiger partial charge in [-0.2, -0.15) is 0 Å². The van der Waals surface area contributed by atoms with Crippen LogP contribution in [-0.2, 0) is 4.79 Å². The Morgan fingerprint density at radius 2 is 1.88 bits per heavy atom. The molecule has 0 aromatic heterocycles. The average molecular weight is 367 g/mol.